The van der Waals surface area contributed by atoms with E-state index in [0.29, 0.717) is 39.3 Å². The molecule has 1 amide bonds. The van der Waals surface area contributed by atoms with E-state index in [1.807, 2.05) is 0 Å². The van der Waals surface area contributed by atoms with Crippen LogP contribution >= 0.6 is 34.5 Å². The number of carbonyl (C=O) groups excluding carboxylic acids is 1. The van der Waals surface area contributed by atoms with Gasteiger partial charge in [-0.15, -0.1) is 11.3 Å². The number of sulfonamides is 1. The Morgan fingerprint density at radius 1 is 1.12 bits per heavy atom. The number of aromatic nitrogens is 1. The Hall–Kier alpha value is -2.04. The molecule has 1 N–H and O–H groups in total. The lowest BCUT2D eigenvalue weighted by molar-refractivity contribution is -0.120. The number of nitrogens with zero attached hydrogens (tertiary/aromatic N) is 2. The summed E-state index contributed by atoms with van der Waals surface area (Å²) < 4.78 is 39.9. The summed E-state index contributed by atoms with van der Waals surface area (Å²) in [6, 6.07) is 9.84. The van der Waals surface area contributed by atoms with Crippen molar-refractivity contribution in [3.05, 3.63) is 63.7 Å². The maximum Gasteiger partial charge on any atom is 0.243 e. The summed E-state index contributed by atoms with van der Waals surface area (Å²) in [4.78, 5) is 17.2. The van der Waals surface area contributed by atoms with Gasteiger partial charge in [0.15, 0.2) is 5.13 Å². The van der Waals surface area contributed by atoms with Crippen LogP contribution in [0.25, 0.3) is 11.3 Å². The highest BCUT2D eigenvalue weighted by molar-refractivity contribution is 7.89. The third kappa shape index (κ3) is 4.97. The van der Waals surface area contributed by atoms with Gasteiger partial charge in [-0.1, -0.05) is 23.2 Å². The average Bonchev–Trinajstić information content (AvgIpc) is 3.22. The van der Waals surface area contributed by atoms with Crippen LogP contribution in [-0.2, 0) is 14.8 Å². The van der Waals surface area contributed by atoms with E-state index in [4.69, 9.17) is 23.2 Å². The molecule has 32 heavy (non-hydrogen) atoms. The van der Waals surface area contributed by atoms with Crippen molar-refractivity contribution in [1.29, 1.82) is 0 Å². The number of benzene rings is 2. The zero-order valence-electron chi connectivity index (χ0n) is 16.6. The summed E-state index contributed by atoms with van der Waals surface area (Å²) in [6.45, 7) is 0.419. The van der Waals surface area contributed by atoms with Gasteiger partial charge in [0.1, 0.15) is 5.82 Å². The Balaban J connectivity index is 1.37. The summed E-state index contributed by atoms with van der Waals surface area (Å²) in [5.41, 5.74) is 1.35. The molecule has 0 radical (unpaired) electrons. The number of carbonyl (C=O) groups is 1. The standard InChI is InChI=1S/C21H18Cl2FN3O3S2/c22-14-1-6-17(18(23)11-14)19-12-31-21(25-19)26-20(28)13-7-9-27(10-8-13)32(29,30)16-4-2-15(24)3-5-16/h1-6,11-13H,7-10H2,(H,25,26,28). The fourth-order valence-electron chi connectivity index (χ4n) is 3.47. The monoisotopic (exact) mass is 513 g/mol. The molecule has 1 fully saturated rings. The Morgan fingerprint density at radius 2 is 1.81 bits per heavy atom. The van der Waals surface area contributed by atoms with Gasteiger partial charge in [-0.3, -0.25) is 4.79 Å². The van der Waals surface area contributed by atoms with Crippen LogP contribution in [0.2, 0.25) is 10.0 Å². The molecular formula is C21H18Cl2FN3O3S2. The lowest BCUT2D eigenvalue weighted by Gasteiger charge is -2.30. The number of piperidine rings is 1. The van der Waals surface area contributed by atoms with Gasteiger partial charge < -0.3 is 5.32 Å². The lowest BCUT2D eigenvalue weighted by Crippen LogP contribution is -2.41. The van der Waals surface area contributed by atoms with Crippen LogP contribution in [0.15, 0.2) is 52.7 Å². The van der Waals surface area contributed by atoms with E-state index >= 15 is 0 Å². The summed E-state index contributed by atoms with van der Waals surface area (Å²) in [6.07, 6.45) is 0.765. The van der Waals surface area contributed by atoms with Gasteiger partial charge in [0.05, 0.1) is 15.6 Å². The third-order valence-electron chi connectivity index (χ3n) is 5.22. The van der Waals surface area contributed by atoms with Crippen LogP contribution in [0.4, 0.5) is 9.52 Å². The van der Waals surface area contributed by atoms with Crippen molar-refractivity contribution in [1.82, 2.24) is 9.29 Å². The number of rotatable bonds is 5. The zero-order valence-corrected chi connectivity index (χ0v) is 19.7. The van der Waals surface area contributed by atoms with E-state index in [1.54, 1.807) is 23.6 Å². The van der Waals surface area contributed by atoms with E-state index in [0.717, 1.165) is 12.1 Å². The van der Waals surface area contributed by atoms with Gasteiger partial charge in [-0.05, 0) is 55.3 Å². The first-order valence-corrected chi connectivity index (χ1v) is 12.8. The highest BCUT2D eigenvalue weighted by atomic mass is 35.5. The predicted octanol–water partition coefficient (Wildman–Crippen LogP) is 5.30. The minimum atomic E-state index is -3.72. The Morgan fingerprint density at radius 3 is 2.47 bits per heavy atom. The minimum absolute atomic E-state index is 0.0398. The number of hydrogen-bond donors (Lipinski definition) is 1. The second kappa shape index (κ2) is 9.44. The van der Waals surface area contributed by atoms with Gasteiger partial charge in [0.2, 0.25) is 15.9 Å². The zero-order chi connectivity index (χ0) is 22.9. The molecule has 2 heterocycles. The van der Waals surface area contributed by atoms with Crippen molar-refractivity contribution in [2.75, 3.05) is 18.4 Å². The first-order valence-electron chi connectivity index (χ1n) is 9.71. The number of anilines is 1. The predicted molar refractivity (Wildman–Crippen MR) is 124 cm³/mol. The van der Waals surface area contributed by atoms with Crippen LogP contribution in [0.1, 0.15) is 12.8 Å². The second-order valence-electron chi connectivity index (χ2n) is 7.28. The number of nitrogens with one attached hydrogen (secondary N) is 1. The second-order valence-corrected chi connectivity index (χ2v) is 10.9. The van der Waals surface area contributed by atoms with E-state index in [2.05, 4.69) is 10.3 Å². The highest BCUT2D eigenvalue weighted by Gasteiger charge is 2.32. The molecule has 1 aliphatic heterocycles. The molecule has 1 saturated heterocycles. The number of halogens is 3. The van der Waals surface area contributed by atoms with Gasteiger partial charge in [0, 0.05) is 35.0 Å². The van der Waals surface area contributed by atoms with Crippen molar-refractivity contribution in [3.63, 3.8) is 0 Å². The maximum absolute atomic E-state index is 13.1. The fourth-order valence-corrected chi connectivity index (χ4v) is 6.16. The molecule has 4 rings (SSSR count). The molecule has 0 spiro atoms. The van der Waals surface area contributed by atoms with Crippen LogP contribution in [0.3, 0.4) is 0 Å². The molecule has 11 heteroatoms. The fraction of sp³-hybridized carbons (Fsp3) is 0.238. The first-order chi connectivity index (χ1) is 15.2. The summed E-state index contributed by atoms with van der Waals surface area (Å²) >= 11 is 13.4. The topological polar surface area (TPSA) is 79.4 Å². The molecule has 0 bridgehead atoms. The maximum atomic E-state index is 13.1. The van der Waals surface area contributed by atoms with Gasteiger partial charge in [-0.2, -0.15) is 4.31 Å². The van der Waals surface area contributed by atoms with E-state index in [9.17, 15) is 17.6 Å². The summed E-state index contributed by atoms with van der Waals surface area (Å²) in [5.74, 6) is -1.03. The molecule has 0 aliphatic carbocycles. The molecule has 2 aromatic carbocycles. The SMILES string of the molecule is O=C(Nc1nc(-c2ccc(Cl)cc2Cl)cs1)C1CCN(S(=O)(=O)c2ccc(F)cc2)CC1. The largest absolute Gasteiger partial charge is 0.302 e. The first kappa shape index (κ1) is 23.1. The summed E-state index contributed by atoms with van der Waals surface area (Å²) in [7, 11) is -3.72. The molecule has 0 saturated carbocycles. The van der Waals surface area contributed by atoms with Gasteiger partial charge in [0.25, 0.3) is 0 Å². The Labute approximate surface area is 199 Å². The van der Waals surface area contributed by atoms with Crippen LogP contribution < -0.4 is 5.32 Å². The summed E-state index contributed by atoms with van der Waals surface area (Å²) in [5, 5.41) is 6.04. The van der Waals surface area contributed by atoms with Crippen molar-refractivity contribution in [2.24, 2.45) is 5.92 Å². The quantitative estimate of drug-likeness (QED) is 0.502. The van der Waals surface area contributed by atoms with Crippen LogP contribution in [0.5, 0.6) is 0 Å². The molecule has 1 aliphatic rings. The van der Waals surface area contributed by atoms with Crippen molar-refractivity contribution < 1.29 is 17.6 Å². The highest BCUT2D eigenvalue weighted by Crippen LogP contribution is 2.33. The van der Waals surface area contributed by atoms with Crippen LogP contribution in [-0.4, -0.2) is 36.7 Å². The average molecular weight is 514 g/mol. The van der Waals surface area contributed by atoms with Gasteiger partial charge >= 0.3 is 0 Å². The van der Waals surface area contributed by atoms with E-state index in [1.165, 1.54) is 27.8 Å². The number of thiazole rings is 1. The molecule has 3 aromatic rings. The molecule has 1 aromatic heterocycles. The molecule has 6 nitrogen and oxygen atoms in total. The van der Waals surface area contributed by atoms with E-state index < -0.39 is 15.8 Å². The molecular weight excluding hydrogens is 496 g/mol. The lowest BCUT2D eigenvalue weighted by atomic mass is 9.97. The van der Waals surface area contributed by atoms with Gasteiger partial charge in [-0.25, -0.2) is 17.8 Å². The minimum Gasteiger partial charge on any atom is -0.302 e. The van der Waals surface area contributed by atoms with Crippen molar-refractivity contribution in [3.8, 4) is 11.3 Å². The van der Waals surface area contributed by atoms with Crippen molar-refractivity contribution >= 4 is 55.6 Å². The molecule has 0 atom stereocenters. The number of amides is 1. The Kier molecular flexibility index (Phi) is 6.83. The normalized spacial score (nSPS) is 15.6. The molecule has 0 unspecified atom stereocenters. The van der Waals surface area contributed by atoms with E-state index in [-0.39, 0.29) is 29.8 Å². The smallest absolute Gasteiger partial charge is 0.243 e. The molecule has 168 valence electrons. The Bertz CT molecular complexity index is 1240. The van der Waals surface area contributed by atoms with Crippen LogP contribution in [0, 0.1) is 11.7 Å². The number of hydrogen-bond acceptors (Lipinski definition) is 5. The third-order valence-corrected chi connectivity index (χ3v) is 8.44. The van der Waals surface area contributed by atoms with Crippen molar-refractivity contribution in [2.45, 2.75) is 17.7 Å².